The number of benzene rings is 1. The van der Waals surface area contributed by atoms with E-state index in [0.29, 0.717) is 11.5 Å². The van der Waals surface area contributed by atoms with Gasteiger partial charge < -0.3 is 11.1 Å². The van der Waals surface area contributed by atoms with Gasteiger partial charge in [0.2, 0.25) is 0 Å². The predicted octanol–water partition coefficient (Wildman–Crippen LogP) is 2.52. The Morgan fingerprint density at radius 1 is 1.33 bits per heavy atom. The molecule has 3 nitrogen and oxygen atoms in total. The number of pyridine rings is 1. The zero-order valence-corrected chi connectivity index (χ0v) is 8.49. The van der Waals surface area contributed by atoms with E-state index in [1.54, 1.807) is 6.20 Å². The van der Waals surface area contributed by atoms with E-state index in [0.717, 1.165) is 11.3 Å². The average molecular weight is 198 g/mol. The van der Waals surface area contributed by atoms with Gasteiger partial charge in [0.1, 0.15) is 0 Å². The molecule has 1 aromatic carbocycles. The number of aromatic nitrogens is 1. The van der Waals surface area contributed by atoms with Crippen LogP contribution >= 0.6 is 0 Å². The molecule has 1 heterocycles. The summed E-state index contributed by atoms with van der Waals surface area (Å²) in [7, 11) is 0. The summed E-state index contributed by atoms with van der Waals surface area (Å²) in [6.07, 6.45) is 1.71. The molecule has 0 aliphatic rings. The molecular weight excluding hydrogens is 186 g/mol. The van der Waals surface area contributed by atoms with Gasteiger partial charge >= 0.3 is 0 Å². The van der Waals surface area contributed by atoms with Crippen molar-refractivity contribution in [3.8, 4) is 0 Å². The van der Waals surface area contributed by atoms with Crippen LogP contribution in [0, 0.1) is 13.0 Å². The normalized spacial score (nSPS) is 9.93. The van der Waals surface area contributed by atoms with Crippen LogP contribution in [0.4, 0.5) is 17.2 Å². The summed E-state index contributed by atoms with van der Waals surface area (Å²) in [4.78, 5) is 4.16. The van der Waals surface area contributed by atoms with Crippen LogP contribution in [0.3, 0.4) is 0 Å². The van der Waals surface area contributed by atoms with Crippen LogP contribution in [0.2, 0.25) is 0 Å². The van der Waals surface area contributed by atoms with Crippen molar-refractivity contribution in [3.05, 3.63) is 48.2 Å². The number of nitrogens with zero attached hydrogens (tertiary/aromatic N) is 1. The molecule has 0 aliphatic carbocycles. The van der Waals surface area contributed by atoms with E-state index in [4.69, 9.17) is 5.73 Å². The first-order valence-electron chi connectivity index (χ1n) is 4.72. The lowest BCUT2D eigenvalue weighted by molar-refractivity contribution is 1.30. The molecule has 2 aromatic rings. The fourth-order valence-electron chi connectivity index (χ4n) is 1.30. The van der Waals surface area contributed by atoms with Crippen molar-refractivity contribution in [2.45, 2.75) is 6.92 Å². The maximum Gasteiger partial charge on any atom is 0.153 e. The lowest BCUT2D eigenvalue weighted by Gasteiger charge is -2.09. The highest BCUT2D eigenvalue weighted by atomic mass is 15.0. The van der Waals surface area contributed by atoms with Crippen molar-refractivity contribution in [1.29, 1.82) is 0 Å². The molecule has 75 valence electrons. The van der Waals surface area contributed by atoms with E-state index in [2.05, 4.69) is 16.4 Å². The minimum Gasteiger partial charge on any atom is -0.396 e. The summed E-state index contributed by atoms with van der Waals surface area (Å²) < 4.78 is 0. The van der Waals surface area contributed by atoms with Gasteiger partial charge in [-0.2, -0.15) is 0 Å². The second-order valence-electron chi connectivity index (χ2n) is 3.29. The number of hydrogen-bond acceptors (Lipinski definition) is 3. The second-order valence-corrected chi connectivity index (χ2v) is 3.29. The maximum atomic E-state index is 5.78. The Morgan fingerprint density at radius 3 is 2.93 bits per heavy atom. The van der Waals surface area contributed by atoms with Gasteiger partial charge in [-0.15, -0.1) is 0 Å². The number of rotatable bonds is 2. The maximum absolute atomic E-state index is 5.78. The molecule has 1 radical (unpaired) electrons. The largest absolute Gasteiger partial charge is 0.396 e. The van der Waals surface area contributed by atoms with Crippen LogP contribution in [0.15, 0.2) is 36.5 Å². The number of para-hydroxylation sites is 1. The third kappa shape index (κ3) is 2.07. The molecule has 3 heteroatoms. The van der Waals surface area contributed by atoms with Gasteiger partial charge in [-0.05, 0) is 24.6 Å². The lowest BCUT2D eigenvalue weighted by atomic mass is 10.2. The molecule has 1 aromatic heterocycles. The molecule has 15 heavy (non-hydrogen) atoms. The van der Waals surface area contributed by atoms with E-state index < -0.39 is 0 Å². The zero-order chi connectivity index (χ0) is 10.7. The topological polar surface area (TPSA) is 50.9 Å². The van der Waals surface area contributed by atoms with Crippen LogP contribution in [-0.4, -0.2) is 4.98 Å². The Morgan fingerprint density at radius 2 is 2.20 bits per heavy atom. The van der Waals surface area contributed by atoms with Gasteiger partial charge in [0, 0.05) is 12.3 Å². The summed E-state index contributed by atoms with van der Waals surface area (Å²) in [6.45, 7) is 2.01. The van der Waals surface area contributed by atoms with E-state index in [1.165, 1.54) is 0 Å². The highest BCUT2D eigenvalue weighted by Crippen LogP contribution is 2.21. The summed E-state index contributed by atoms with van der Waals surface area (Å²) in [5.41, 5.74) is 8.43. The second kappa shape index (κ2) is 4.00. The first kappa shape index (κ1) is 9.52. The molecule has 0 spiro atoms. The van der Waals surface area contributed by atoms with Gasteiger partial charge in [0.15, 0.2) is 5.82 Å². The number of nitrogen functional groups attached to an aromatic ring is 1. The van der Waals surface area contributed by atoms with Crippen LogP contribution < -0.4 is 11.1 Å². The number of hydrogen-bond donors (Lipinski definition) is 2. The fourth-order valence-corrected chi connectivity index (χ4v) is 1.30. The molecule has 0 atom stereocenters. The minimum absolute atomic E-state index is 0.633. The molecule has 3 N–H and O–H groups in total. The lowest BCUT2D eigenvalue weighted by Crippen LogP contribution is -1.99. The Bertz CT molecular complexity index is 422. The minimum atomic E-state index is 0.633. The van der Waals surface area contributed by atoms with Crippen molar-refractivity contribution in [3.63, 3.8) is 0 Å². The zero-order valence-electron chi connectivity index (χ0n) is 8.49. The molecule has 2 rings (SSSR count). The van der Waals surface area contributed by atoms with Gasteiger partial charge in [-0.3, -0.25) is 0 Å². The fraction of sp³-hybridized carbons (Fsp3) is 0.0833. The Kier molecular flexibility index (Phi) is 2.54. The Labute approximate surface area is 89.0 Å². The standard InChI is InChI=1S/C12H12N3/c1-9-5-2-3-7-11(9)15-12-10(13)6-4-8-14-12/h2-6,8H,13H2,1H3,(H,14,15). The van der Waals surface area contributed by atoms with Gasteiger partial charge in [0.05, 0.1) is 11.4 Å². The first-order valence-corrected chi connectivity index (χ1v) is 4.72. The van der Waals surface area contributed by atoms with E-state index >= 15 is 0 Å². The number of nitrogens with two attached hydrogens (primary N) is 1. The molecule has 0 fully saturated rings. The molecule has 0 bridgehead atoms. The Balaban J connectivity index is 2.30. The van der Waals surface area contributed by atoms with Crippen molar-refractivity contribution in [2.24, 2.45) is 0 Å². The van der Waals surface area contributed by atoms with E-state index in [1.807, 2.05) is 37.3 Å². The summed E-state index contributed by atoms with van der Waals surface area (Å²) in [6, 6.07) is 12.5. The highest BCUT2D eigenvalue weighted by Gasteiger charge is 2.01. The number of anilines is 3. The molecule has 0 saturated carbocycles. The van der Waals surface area contributed by atoms with E-state index in [9.17, 15) is 0 Å². The van der Waals surface area contributed by atoms with Crippen LogP contribution in [0.5, 0.6) is 0 Å². The highest BCUT2D eigenvalue weighted by molar-refractivity contribution is 5.69. The monoisotopic (exact) mass is 198 g/mol. The first-order chi connectivity index (χ1) is 7.27. The number of nitrogens with one attached hydrogen (secondary N) is 1. The summed E-state index contributed by atoms with van der Waals surface area (Å²) in [5, 5.41) is 3.15. The van der Waals surface area contributed by atoms with Crippen LogP contribution in [-0.2, 0) is 0 Å². The van der Waals surface area contributed by atoms with Crippen molar-refractivity contribution >= 4 is 17.2 Å². The van der Waals surface area contributed by atoms with Gasteiger partial charge in [-0.1, -0.05) is 18.2 Å². The quantitative estimate of drug-likeness (QED) is 0.779. The van der Waals surface area contributed by atoms with Gasteiger partial charge in [0.25, 0.3) is 0 Å². The predicted molar refractivity (Wildman–Crippen MR) is 61.9 cm³/mol. The Hall–Kier alpha value is -2.03. The van der Waals surface area contributed by atoms with Crippen LogP contribution in [0.1, 0.15) is 5.56 Å². The van der Waals surface area contributed by atoms with Crippen molar-refractivity contribution in [2.75, 3.05) is 11.1 Å². The van der Waals surface area contributed by atoms with Crippen LogP contribution in [0.25, 0.3) is 0 Å². The van der Waals surface area contributed by atoms with E-state index in [-0.39, 0.29) is 0 Å². The molecular formula is C12H12N3. The molecule has 0 amide bonds. The molecule has 0 aliphatic heterocycles. The number of aryl methyl sites for hydroxylation is 1. The van der Waals surface area contributed by atoms with Crippen molar-refractivity contribution < 1.29 is 0 Å². The smallest absolute Gasteiger partial charge is 0.153 e. The SMILES string of the molecule is Cc1ccc[c]c1Nc1ncccc1N. The van der Waals surface area contributed by atoms with Crippen molar-refractivity contribution in [1.82, 2.24) is 4.98 Å². The molecule has 0 saturated heterocycles. The molecule has 0 unspecified atom stereocenters. The summed E-state index contributed by atoms with van der Waals surface area (Å²) in [5.74, 6) is 0.669. The summed E-state index contributed by atoms with van der Waals surface area (Å²) >= 11 is 0. The third-order valence-electron chi connectivity index (χ3n) is 2.15. The third-order valence-corrected chi connectivity index (χ3v) is 2.15. The average Bonchev–Trinajstić information content (AvgIpc) is 2.24. The van der Waals surface area contributed by atoms with Gasteiger partial charge in [-0.25, -0.2) is 4.98 Å².